The molecule has 18 heavy (non-hydrogen) atoms. The molecule has 0 saturated heterocycles. The normalized spacial score (nSPS) is 13.8. The topological polar surface area (TPSA) is 92.4 Å². The van der Waals surface area contributed by atoms with Crippen LogP contribution in [0.4, 0.5) is 5.69 Å². The lowest BCUT2D eigenvalue weighted by Crippen LogP contribution is -2.35. The number of aliphatic hydroxyl groups is 1. The number of aliphatic hydroxyl groups excluding tert-OH is 1. The molecule has 7 heteroatoms. The largest absolute Gasteiger partial charge is 0.398 e. The molecule has 0 fully saturated rings. The monoisotopic (exact) mass is 336 g/mol. The average molecular weight is 337 g/mol. The van der Waals surface area contributed by atoms with Crippen LogP contribution < -0.4 is 10.5 Å². The van der Waals surface area contributed by atoms with Gasteiger partial charge in [-0.05, 0) is 24.1 Å². The van der Waals surface area contributed by atoms with Gasteiger partial charge < -0.3 is 10.8 Å². The van der Waals surface area contributed by atoms with Gasteiger partial charge in [0, 0.05) is 11.0 Å². The fraction of sp³-hybridized carbons (Fsp3) is 0.455. The summed E-state index contributed by atoms with van der Waals surface area (Å²) in [5.41, 5.74) is 5.82. The molecule has 102 valence electrons. The minimum absolute atomic E-state index is 0.0154. The summed E-state index contributed by atoms with van der Waals surface area (Å²) in [5, 5.41) is 9.58. The van der Waals surface area contributed by atoms with Gasteiger partial charge in [-0.2, -0.15) is 0 Å². The number of benzene rings is 1. The molecule has 0 heterocycles. The van der Waals surface area contributed by atoms with Gasteiger partial charge in [0.2, 0.25) is 10.0 Å². The lowest BCUT2D eigenvalue weighted by Gasteiger charge is -2.15. The van der Waals surface area contributed by atoms with Gasteiger partial charge in [0.05, 0.1) is 11.8 Å². The molecule has 0 aliphatic heterocycles. The first-order chi connectivity index (χ1) is 8.24. The Labute approximate surface area is 116 Å². The summed E-state index contributed by atoms with van der Waals surface area (Å²) < 4.78 is 27.0. The average Bonchev–Trinajstić information content (AvgIpc) is 2.25. The van der Waals surface area contributed by atoms with Crippen molar-refractivity contribution in [3.05, 3.63) is 22.7 Å². The zero-order chi connectivity index (χ0) is 13.9. The van der Waals surface area contributed by atoms with E-state index in [0.29, 0.717) is 4.47 Å². The van der Waals surface area contributed by atoms with Gasteiger partial charge >= 0.3 is 0 Å². The SMILES string of the molecule is CC(C)C(O)CNS(=O)(=O)c1ccc(Br)cc1N. The first-order valence-corrected chi connectivity index (χ1v) is 7.74. The van der Waals surface area contributed by atoms with E-state index in [9.17, 15) is 13.5 Å². The Balaban J connectivity index is 2.87. The second kappa shape index (κ2) is 6.01. The molecule has 0 amide bonds. The van der Waals surface area contributed by atoms with Crippen molar-refractivity contribution >= 4 is 31.6 Å². The number of nitrogens with one attached hydrogen (secondary N) is 1. The smallest absolute Gasteiger partial charge is 0.242 e. The van der Waals surface area contributed by atoms with Crippen LogP contribution in [0.15, 0.2) is 27.6 Å². The van der Waals surface area contributed by atoms with Crippen LogP contribution in [0.1, 0.15) is 13.8 Å². The highest BCUT2D eigenvalue weighted by atomic mass is 79.9. The first kappa shape index (κ1) is 15.4. The minimum atomic E-state index is -3.69. The van der Waals surface area contributed by atoms with Crippen molar-refractivity contribution in [1.82, 2.24) is 4.72 Å². The van der Waals surface area contributed by atoms with E-state index in [1.165, 1.54) is 12.1 Å². The summed E-state index contributed by atoms with van der Waals surface area (Å²) in [4.78, 5) is 0.0154. The van der Waals surface area contributed by atoms with Gasteiger partial charge in [-0.25, -0.2) is 13.1 Å². The lowest BCUT2D eigenvalue weighted by atomic mass is 10.1. The predicted octanol–water partition coefficient (Wildman–Crippen LogP) is 1.33. The quantitative estimate of drug-likeness (QED) is 0.707. The van der Waals surface area contributed by atoms with E-state index in [0.717, 1.165) is 0 Å². The minimum Gasteiger partial charge on any atom is -0.398 e. The third kappa shape index (κ3) is 3.94. The number of halogens is 1. The molecular formula is C11H17BrN2O3S. The molecule has 0 aromatic heterocycles. The van der Waals surface area contributed by atoms with Crippen LogP contribution in [-0.2, 0) is 10.0 Å². The molecule has 0 spiro atoms. The number of sulfonamides is 1. The molecule has 0 radical (unpaired) electrons. The summed E-state index contributed by atoms with van der Waals surface area (Å²) in [7, 11) is -3.69. The van der Waals surface area contributed by atoms with Crippen LogP contribution >= 0.6 is 15.9 Å². The van der Waals surface area contributed by atoms with E-state index < -0.39 is 16.1 Å². The molecule has 1 aromatic carbocycles. The fourth-order valence-electron chi connectivity index (χ4n) is 1.27. The maximum Gasteiger partial charge on any atom is 0.242 e. The highest BCUT2D eigenvalue weighted by Gasteiger charge is 2.19. The van der Waals surface area contributed by atoms with Gasteiger partial charge in [-0.3, -0.25) is 0 Å². The summed E-state index contributed by atoms with van der Waals surface area (Å²) in [6.07, 6.45) is -0.726. The van der Waals surface area contributed by atoms with Crippen LogP contribution in [-0.4, -0.2) is 26.2 Å². The summed E-state index contributed by atoms with van der Waals surface area (Å²) >= 11 is 3.21. The Morgan fingerprint density at radius 2 is 2.06 bits per heavy atom. The Kier molecular flexibility index (Phi) is 5.15. The molecule has 0 aliphatic rings. The Morgan fingerprint density at radius 3 is 2.56 bits per heavy atom. The van der Waals surface area contributed by atoms with Crippen LogP contribution in [0.5, 0.6) is 0 Å². The van der Waals surface area contributed by atoms with E-state index in [1.54, 1.807) is 6.07 Å². The maximum atomic E-state index is 12.0. The third-order valence-corrected chi connectivity index (χ3v) is 4.50. The first-order valence-electron chi connectivity index (χ1n) is 5.47. The van der Waals surface area contributed by atoms with Crippen molar-refractivity contribution < 1.29 is 13.5 Å². The molecule has 1 unspecified atom stereocenters. The Hall–Kier alpha value is -0.630. The molecule has 1 atom stereocenters. The highest BCUT2D eigenvalue weighted by Crippen LogP contribution is 2.22. The number of hydrogen-bond donors (Lipinski definition) is 3. The summed E-state index contributed by atoms with van der Waals surface area (Å²) in [5.74, 6) is -0.0186. The summed E-state index contributed by atoms with van der Waals surface area (Å²) in [6.45, 7) is 3.59. The number of nitrogen functional groups attached to an aromatic ring is 1. The van der Waals surface area contributed by atoms with Crippen LogP contribution in [0.2, 0.25) is 0 Å². The van der Waals surface area contributed by atoms with Crippen molar-refractivity contribution in [2.24, 2.45) is 5.92 Å². The van der Waals surface area contributed by atoms with Crippen LogP contribution in [0.25, 0.3) is 0 Å². The van der Waals surface area contributed by atoms with Crippen LogP contribution in [0.3, 0.4) is 0 Å². The molecule has 5 nitrogen and oxygen atoms in total. The predicted molar refractivity (Wildman–Crippen MR) is 74.6 cm³/mol. The van der Waals surface area contributed by atoms with Gasteiger partial charge in [-0.1, -0.05) is 29.8 Å². The number of nitrogens with two attached hydrogens (primary N) is 1. The van der Waals surface area contributed by atoms with Gasteiger partial charge in [0.1, 0.15) is 4.90 Å². The zero-order valence-electron chi connectivity index (χ0n) is 10.2. The molecule has 0 saturated carbocycles. The fourth-order valence-corrected chi connectivity index (χ4v) is 2.81. The maximum absolute atomic E-state index is 12.0. The number of hydrogen-bond acceptors (Lipinski definition) is 4. The van der Waals surface area contributed by atoms with Gasteiger partial charge in [-0.15, -0.1) is 0 Å². The van der Waals surface area contributed by atoms with E-state index in [4.69, 9.17) is 5.73 Å². The highest BCUT2D eigenvalue weighted by molar-refractivity contribution is 9.10. The Morgan fingerprint density at radius 1 is 1.44 bits per heavy atom. The lowest BCUT2D eigenvalue weighted by molar-refractivity contribution is 0.129. The van der Waals surface area contributed by atoms with Gasteiger partial charge in [0.15, 0.2) is 0 Å². The molecule has 1 rings (SSSR count). The third-order valence-electron chi connectivity index (χ3n) is 2.51. The number of anilines is 1. The molecule has 0 bridgehead atoms. The second-order valence-electron chi connectivity index (χ2n) is 4.35. The second-order valence-corrected chi connectivity index (χ2v) is 7.00. The van der Waals surface area contributed by atoms with E-state index >= 15 is 0 Å². The van der Waals surface area contributed by atoms with Crippen LogP contribution in [0, 0.1) is 5.92 Å². The van der Waals surface area contributed by atoms with Crippen molar-refractivity contribution in [3.63, 3.8) is 0 Å². The molecular weight excluding hydrogens is 320 g/mol. The Bertz CT molecular complexity index is 517. The molecule has 4 N–H and O–H groups in total. The number of rotatable bonds is 5. The van der Waals surface area contributed by atoms with Gasteiger partial charge in [0.25, 0.3) is 0 Å². The van der Waals surface area contributed by atoms with E-state index in [2.05, 4.69) is 20.7 Å². The van der Waals surface area contributed by atoms with E-state index in [-0.39, 0.29) is 23.0 Å². The van der Waals surface area contributed by atoms with Crippen molar-refractivity contribution in [3.8, 4) is 0 Å². The van der Waals surface area contributed by atoms with E-state index in [1.807, 2.05) is 13.8 Å². The standard InChI is InChI=1S/C11H17BrN2O3S/c1-7(2)10(15)6-14-18(16,17)11-4-3-8(12)5-9(11)13/h3-5,7,10,14-15H,6,13H2,1-2H3. The van der Waals surface area contributed by atoms with Crippen molar-refractivity contribution in [1.29, 1.82) is 0 Å². The molecule has 1 aromatic rings. The van der Waals surface area contributed by atoms with Crippen molar-refractivity contribution in [2.75, 3.05) is 12.3 Å². The van der Waals surface area contributed by atoms with Crippen molar-refractivity contribution in [2.45, 2.75) is 24.8 Å². The molecule has 0 aliphatic carbocycles. The zero-order valence-corrected chi connectivity index (χ0v) is 12.6. The summed E-state index contributed by atoms with van der Waals surface area (Å²) in [6, 6.07) is 4.54.